The number of rotatable bonds is 9. The van der Waals surface area contributed by atoms with E-state index in [1.54, 1.807) is 19.1 Å². The molecule has 0 aromatic heterocycles. The van der Waals surface area contributed by atoms with Crippen LogP contribution in [0.3, 0.4) is 0 Å². The first-order valence-corrected chi connectivity index (χ1v) is 13.1. The summed E-state index contributed by atoms with van der Waals surface area (Å²) in [6, 6.07) is 22.2. The molecule has 0 radical (unpaired) electrons. The van der Waals surface area contributed by atoms with Crippen molar-refractivity contribution in [3.8, 4) is 11.5 Å². The van der Waals surface area contributed by atoms with Crippen LogP contribution in [0.25, 0.3) is 0 Å². The monoisotopic (exact) mass is 515 g/mol. The van der Waals surface area contributed by atoms with Gasteiger partial charge in [0.15, 0.2) is 0 Å². The minimum Gasteiger partial charge on any atom is -0.494 e. The smallest absolute Gasteiger partial charge is 0.338 e. The molecule has 3 aromatic rings. The molecule has 0 bridgehead atoms. The second kappa shape index (κ2) is 11.2. The molecule has 0 aliphatic carbocycles. The van der Waals surface area contributed by atoms with E-state index in [0.29, 0.717) is 25.4 Å². The van der Waals surface area contributed by atoms with E-state index in [1.807, 2.05) is 79.4 Å². The number of hydrazine groups is 1. The standard InChI is InChI=1S/C30H33N3O5/c1-4-36-23-15-9-19(10-16-23)26-25-27(32-31-26)29(34)33(22-13-7-21(8-14-22)30(35)38-6-3)28(25)20-11-17-24(18-12-20)37-5-2/h7-18,25-28,31-32H,4-6H2,1-3H3. The van der Waals surface area contributed by atoms with Gasteiger partial charge in [-0.2, -0.15) is 0 Å². The lowest BCUT2D eigenvalue weighted by atomic mass is 9.83. The van der Waals surface area contributed by atoms with Crippen LogP contribution in [0.15, 0.2) is 72.8 Å². The van der Waals surface area contributed by atoms with Crippen LogP contribution in [0.5, 0.6) is 11.5 Å². The van der Waals surface area contributed by atoms with E-state index >= 15 is 0 Å². The molecular weight excluding hydrogens is 482 g/mol. The van der Waals surface area contributed by atoms with Crippen LogP contribution in [0.2, 0.25) is 0 Å². The Labute approximate surface area is 222 Å². The zero-order chi connectivity index (χ0) is 26.6. The summed E-state index contributed by atoms with van der Waals surface area (Å²) in [5.41, 5.74) is 9.88. The third kappa shape index (κ3) is 4.85. The molecule has 3 aromatic carbocycles. The molecule has 0 saturated carbocycles. The Morgan fingerprint density at radius 2 is 1.29 bits per heavy atom. The largest absolute Gasteiger partial charge is 0.494 e. The van der Waals surface area contributed by atoms with Gasteiger partial charge in [0, 0.05) is 11.6 Å². The first kappa shape index (κ1) is 25.8. The van der Waals surface area contributed by atoms with Crippen molar-refractivity contribution in [3.05, 3.63) is 89.5 Å². The number of anilines is 1. The van der Waals surface area contributed by atoms with E-state index in [1.165, 1.54) is 0 Å². The van der Waals surface area contributed by atoms with Crippen LogP contribution < -0.4 is 25.2 Å². The van der Waals surface area contributed by atoms with Crippen molar-refractivity contribution in [1.29, 1.82) is 0 Å². The van der Waals surface area contributed by atoms with Crippen LogP contribution >= 0.6 is 0 Å². The number of nitrogens with zero attached hydrogens (tertiary/aromatic N) is 1. The Kier molecular flexibility index (Phi) is 7.62. The number of esters is 1. The normalized spacial score (nSPS) is 22.3. The van der Waals surface area contributed by atoms with E-state index in [0.717, 1.165) is 28.3 Å². The van der Waals surface area contributed by atoms with Crippen LogP contribution in [-0.2, 0) is 9.53 Å². The van der Waals surface area contributed by atoms with E-state index in [2.05, 4.69) is 10.9 Å². The molecule has 0 spiro atoms. The topological polar surface area (TPSA) is 89.1 Å². The summed E-state index contributed by atoms with van der Waals surface area (Å²) in [7, 11) is 0. The van der Waals surface area contributed by atoms with Crippen LogP contribution in [0.1, 0.15) is 54.3 Å². The van der Waals surface area contributed by atoms with Gasteiger partial charge in [-0.1, -0.05) is 24.3 Å². The predicted octanol–water partition coefficient (Wildman–Crippen LogP) is 4.58. The molecule has 2 heterocycles. The quantitative estimate of drug-likeness (QED) is 0.403. The highest BCUT2D eigenvalue weighted by Gasteiger charge is 2.56. The van der Waals surface area contributed by atoms with Crippen molar-refractivity contribution in [3.63, 3.8) is 0 Å². The molecule has 198 valence electrons. The summed E-state index contributed by atoms with van der Waals surface area (Å²) in [6.07, 6.45) is 0. The van der Waals surface area contributed by atoms with Gasteiger partial charge in [0.1, 0.15) is 17.5 Å². The lowest BCUT2D eigenvalue weighted by Crippen LogP contribution is -2.41. The molecule has 1 amide bonds. The fourth-order valence-corrected chi connectivity index (χ4v) is 5.42. The lowest BCUT2D eigenvalue weighted by Gasteiger charge is -2.31. The number of hydrogen-bond acceptors (Lipinski definition) is 7. The number of benzene rings is 3. The molecule has 38 heavy (non-hydrogen) atoms. The summed E-state index contributed by atoms with van der Waals surface area (Å²) in [5.74, 6) is 1.09. The van der Waals surface area contributed by atoms with Crippen LogP contribution in [0, 0.1) is 5.92 Å². The zero-order valence-corrected chi connectivity index (χ0v) is 21.8. The van der Waals surface area contributed by atoms with Gasteiger partial charge in [0.05, 0.1) is 37.5 Å². The molecule has 2 saturated heterocycles. The van der Waals surface area contributed by atoms with E-state index in [4.69, 9.17) is 14.2 Å². The van der Waals surface area contributed by atoms with Crippen molar-refractivity contribution in [2.45, 2.75) is 38.9 Å². The van der Waals surface area contributed by atoms with Crippen LogP contribution in [-0.4, -0.2) is 37.7 Å². The predicted molar refractivity (Wildman–Crippen MR) is 144 cm³/mol. The van der Waals surface area contributed by atoms with Crippen molar-refractivity contribution in [2.24, 2.45) is 5.92 Å². The van der Waals surface area contributed by atoms with Gasteiger partial charge in [0.2, 0.25) is 5.91 Å². The Bertz CT molecular complexity index is 1260. The third-order valence-electron chi connectivity index (χ3n) is 7.05. The Morgan fingerprint density at radius 3 is 1.84 bits per heavy atom. The van der Waals surface area contributed by atoms with Crippen molar-refractivity contribution >= 4 is 17.6 Å². The fraction of sp³-hybridized carbons (Fsp3) is 0.333. The molecule has 2 fully saturated rings. The molecule has 2 aliphatic heterocycles. The molecule has 4 unspecified atom stereocenters. The molecule has 4 atom stereocenters. The number of ether oxygens (including phenoxy) is 3. The maximum absolute atomic E-state index is 13.9. The van der Waals surface area contributed by atoms with Gasteiger partial charge in [-0.15, -0.1) is 0 Å². The summed E-state index contributed by atoms with van der Waals surface area (Å²) in [4.78, 5) is 27.9. The molecule has 2 aliphatic rings. The summed E-state index contributed by atoms with van der Waals surface area (Å²) >= 11 is 0. The molecule has 5 rings (SSSR count). The fourth-order valence-electron chi connectivity index (χ4n) is 5.42. The molecule has 8 nitrogen and oxygen atoms in total. The number of carbonyl (C=O) groups is 2. The van der Waals surface area contributed by atoms with Crippen molar-refractivity contribution in [1.82, 2.24) is 10.9 Å². The maximum atomic E-state index is 13.9. The summed E-state index contributed by atoms with van der Waals surface area (Å²) < 4.78 is 16.4. The number of amides is 1. The second-order valence-corrected chi connectivity index (χ2v) is 9.25. The van der Waals surface area contributed by atoms with Gasteiger partial charge in [-0.25, -0.2) is 15.6 Å². The van der Waals surface area contributed by atoms with Crippen molar-refractivity contribution < 1.29 is 23.8 Å². The van der Waals surface area contributed by atoms with Gasteiger partial charge in [-0.05, 0) is 80.4 Å². The number of hydrogen-bond donors (Lipinski definition) is 2. The van der Waals surface area contributed by atoms with Gasteiger partial charge < -0.3 is 19.1 Å². The first-order valence-electron chi connectivity index (χ1n) is 13.1. The highest BCUT2D eigenvalue weighted by atomic mass is 16.5. The van der Waals surface area contributed by atoms with E-state index in [-0.39, 0.29) is 29.9 Å². The Balaban J connectivity index is 1.53. The van der Waals surface area contributed by atoms with E-state index in [9.17, 15) is 9.59 Å². The van der Waals surface area contributed by atoms with Gasteiger partial charge in [-0.3, -0.25) is 4.79 Å². The van der Waals surface area contributed by atoms with Gasteiger partial charge in [0.25, 0.3) is 0 Å². The molecule has 2 N–H and O–H groups in total. The zero-order valence-electron chi connectivity index (χ0n) is 21.8. The van der Waals surface area contributed by atoms with Gasteiger partial charge >= 0.3 is 5.97 Å². The highest BCUT2D eigenvalue weighted by Crippen LogP contribution is 2.49. The first-order chi connectivity index (χ1) is 18.5. The average molecular weight is 516 g/mol. The third-order valence-corrected chi connectivity index (χ3v) is 7.05. The number of nitrogens with one attached hydrogen (secondary N) is 2. The Morgan fingerprint density at radius 1 is 0.737 bits per heavy atom. The number of carbonyl (C=O) groups excluding carboxylic acids is 2. The summed E-state index contributed by atoms with van der Waals surface area (Å²) in [5, 5.41) is 0. The second-order valence-electron chi connectivity index (χ2n) is 9.25. The highest BCUT2D eigenvalue weighted by molar-refractivity contribution is 6.02. The summed E-state index contributed by atoms with van der Waals surface area (Å²) in [6.45, 7) is 7.18. The minimum atomic E-state index is -0.423. The van der Waals surface area contributed by atoms with Crippen molar-refractivity contribution in [2.75, 3.05) is 24.7 Å². The molecule has 8 heteroatoms. The molecular formula is C30H33N3O5. The van der Waals surface area contributed by atoms with E-state index < -0.39 is 6.04 Å². The number of fused-ring (bicyclic) bond motifs is 1. The lowest BCUT2D eigenvalue weighted by molar-refractivity contribution is -0.119. The average Bonchev–Trinajstić information content (AvgIpc) is 3.49. The minimum absolute atomic E-state index is 0.0290. The van der Waals surface area contributed by atoms with Crippen LogP contribution in [0.4, 0.5) is 5.69 Å². The maximum Gasteiger partial charge on any atom is 0.338 e. The Hall–Kier alpha value is -3.88. The SMILES string of the molecule is CCOC(=O)c1ccc(N2C(=O)C3NNC(c4ccc(OCC)cc4)C3C2c2ccc(OCC)cc2)cc1.